The molecule has 0 aromatic heterocycles. The van der Waals surface area contributed by atoms with E-state index in [1.165, 1.54) is 14.2 Å². The highest BCUT2D eigenvalue weighted by molar-refractivity contribution is 6.37. The largest absolute Gasteiger partial charge is 0.496 e. The second kappa shape index (κ2) is 8.58. The highest BCUT2D eigenvalue weighted by Crippen LogP contribution is 2.38. The minimum atomic E-state index is -0.542. The van der Waals surface area contributed by atoms with Crippen molar-refractivity contribution in [2.45, 2.75) is 0 Å². The summed E-state index contributed by atoms with van der Waals surface area (Å²) in [5.74, 6) is -0.232. The monoisotopic (exact) mass is 388 g/mol. The molecule has 2 aromatic carbocycles. The van der Waals surface area contributed by atoms with Gasteiger partial charge in [0.15, 0.2) is 0 Å². The van der Waals surface area contributed by atoms with Crippen LogP contribution in [0.1, 0.15) is 10.4 Å². The molecule has 7 heteroatoms. The van der Waals surface area contributed by atoms with Crippen molar-refractivity contribution in [3.63, 3.8) is 0 Å². The second-order valence-corrected chi connectivity index (χ2v) is 6.04. The average Bonchev–Trinajstić information content (AvgIpc) is 2.57. The quantitative estimate of drug-likeness (QED) is 0.508. The Balaban J connectivity index is 2.48. The van der Waals surface area contributed by atoms with Gasteiger partial charge in [-0.05, 0) is 24.3 Å². The molecule has 0 N–H and O–H groups in total. The summed E-state index contributed by atoms with van der Waals surface area (Å²) in [6.07, 6.45) is 0. The Hall–Kier alpha value is -1.46. The fraction of sp³-hybridized carbons (Fsp3) is 0.235. The van der Waals surface area contributed by atoms with Crippen LogP contribution >= 0.6 is 34.8 Å². The lowest BCUT2D eigenvalue weighted by molar-refractivity contribution is 0.0385. The lowest BCUT2D eigenvalue weighted by Crippen LogP contribution is -2.11. The molecule has 0 amide bonds. The summed E-state index contributed by atoms with van der Waals surface area (Å²) < 4.78 is 15.2. The molecule has 4 nitrogen and oxygen atoms in total. The van der Waals surface area contributed by atoms with Crippen molar-refractivity contribution < 1.29 is 19.0 Å². The number of hydrogen-bond acceptors (Lipinski definition) is 4. The number of ether oxygens (including phenoxy) is 3. The molecular formula is C17H15Cl3O4. The predicted octanol–water partition coefficient (Wildman–Crippen LogP) is 5.13. The van der Waals surface area contributed by atoms with E-state index in [0.717, 1.165) is 0 Å². The number of benzene rings is 2. The van der Waals surface area contributed by atoms with Gasteiger partial charge in [0.25, 0.3) is 0 Å². The maximum absolute atomic E-state index is 12.3. The fourth-order valence-electron chi connectivity index (χ4n) is 2.09. The Bertz CT molecular complexity index is 747. The molecular weight excluding hydrogens is 375 g/mol. The Kier molecular flexibility index (Phi) is 6.75. The molecule has 0 saturated carbocycles. The number of methoxy groups -OCH3 is 2. The number of carbonyl (C=O) groups excluding carboxylic acids is 1. The van der Waals surface area contributed by atoms with Crippen LogP contribution in [0.4, 0.5) is 0 Å². The number of carbonyl (C=O) groups is 1. The van der Waals surface area contributed by atoms with Gasteiger partial charge < -0.3 is 14.2 Å². The number of halogens is 3. The average molecular weight is 390 g/mol. The van der Waals surface area contributed by atoms with Crippen LogP contribution in [-0.2, 0) is 9.47 Å². The Morgan fingerprint density at radius 2 is 1.67 bits per heavy atom. The van der Waals surface area contributed by atoms with E-state index in [4.69, 9.17) is 49.0 Å². The van der Waals surface area contributed by atoms with Gasteiger partial charge in [-0.2, -0.15) is 0 Å². The predicted molar refractivity (Wildman–Crippen MR) is 95.6 cm³/mol. The highest BCUT2D eigenvalue weighted by Gasteiger charge is 2.19. The minimum Gasteiger partial charge on any atom is -0.496 e. The first-order valence-corrected chi connectivity index (χ1v) is 8.10. The first kappa shape index (κ1) is 18.9. The van der Waals surface area contributed by atoms with Gasteiger partial charge in [-0.3, -0.25) is 0 Å². The maximum atomic E-state index is 12.3. The van der Waals surface area contributed by atoms with Crippen LogP contribution in [0, 0.1) is 0 Å². The SMILES string of the molecule is COCCOC(=O)c1cc(-c2cc(Cl)ccc2Cl)c(Cl)cc1OC. The molecule has 24 heavy (non-hydrogen) atoms. The Morgan fingerprint density at radius 3 is 2.33 bits per heavy atom. The van der Waals surface area contributed by atoms with E-state index in [1.807, 2.05) is 0 Å². The molecule has 128 valence electrons. The van der Waals surface area contributed by atoms with Gasteiger partial charge in [-0.15, -0.1) is 0 Å². The summed E-state index contributed by atoms with van der Waals surface area (Å²) >= 11 is 18.6. The van der Waals surface area contributed by atoms with Gasteiger partial charge in [0, 0.05) is 34.3 Å². The molecule has 0 bridgehead atoms. The molecule has 0 unspecified atom stereocenters. The molecule has 0 atom stereocenters. The molecule has 0 saturated heterocycles. The third-order valence-corrected chi connectivity index (χ3v) is 4.13. The lowest BCUT2D eigenvalue weighted by atomic mass is 10.0. The van der Waals surface area contributed by atoms with Crippen LogP contribution in [0.2, 0.25) is 15.1 Å². The van der Waals surface area contributed by atoms with E-state index < -0.39 is 5.97 Å². The molecule has 2 aromatic rings. The maximum Gasteiger partial charge on any atom is 0.342 e. The van der Waals surface area contributed by atoms with Crippen molar-refractivity contribution in [3.05, 3.63) is 51.0 Å². The zero-order valence-corrected chi connectivity index (χ0v) is 15.3. The van der Waals surface area contributed by atoms with E-state index in [2.05, 4.69) is 0 Å². The van der Waals surface area contributed by atoms with Gasteiger partial charge in [0.1, 0.15) is 17.9 Å². The summed E-state index contributed by atoms with van der Waals surface area (Å²) in [6, 6.07) is 8.13. The van der Waals surface area contributed by atoms with Crippen LogP contribution in [-0.4, -0.2) is 33.4 Å². The topological polar surface area (TPSA) is 44.8 Å². The van der Waals surface area contributed by atoms with Gasteiger partial charge in [0.2, 0.25) is 0 Å². The smallest absolute Gasteiger partial charge is 0.342 e. The lowest BCUT2D eigenvalue weighted by Gasteiger charge is -2.13. The van der Waals surface area contributed by atoms with E-state index in [-0.39, 0.29) is 12.2 Å². The zero-order chi connectivity index (χ0) is 17.7. The van der Waals surface area contributed by atoms with Crippen LogP contribution in [0.5, 0.6) is 5.75 Å². The molecule has 0 fully saturated rings. The van der Waals surface area contributed by atoms with Crippen molar-refractivity contribution in [2.75, 3.05) is 27.4 Å². The van der Waals surface area contributed by atoms with Gasteiger partial charge in [-0.1, -0.05) is 34.8 Å². The summed E-state index contributed by atoms with van der Waals surface area (Å²) in [6.45, 7) is 0.434. The van der Waals surface area contributed by atoms with Crippen LogP contribution in [0.3, 0.4) is 0 Å². The molecule has 0 aliphatic carbocycles. The Morgan fingerprint density at radius 1 is 0.958 bits per heavy atom. The van der Waals surface area contributed by atoms with E-state index in [9.17, 15) is 4.79 Å². The second-order valence-electron chi connectivity index (χ2n) is 4.79. The third-order valence-electron chi connectivity index (χ3n) is 3.25. The molecule has 0 aliphatic rings. The normalized spacial score (nSPS) is 10.5. The van der Waals surface area contributed by atoms with Gasteiger partial charge >= 0.3 is 5.97 Å². The van der Waals surface area contributed by atoms with E-state index in [0.29, 0.717) is 38.6 Å². The van der Waals surface area contributed by atoms with Crippen LogP contribution < -0.4 is 4.74 Å². The van der Waals surface area contributed by atoms with Crippen molar-refractivity contribution in [1.82, 2.24) is 0 Å². The number of esters is 1. The Labute approximate surface area is 155 Å². The minimum absolute atomic E-state index is 0.133. The van der Waals surface area contributed by atoms with Crippen molar-refractivity contribution in [1.29, 1.82) is 0 Å². The third kappa shape index (κ3) is 4.33. The van der Waals surface area contributed by atoms with Gasteiger partial charge in [-0.25, -0.2) is 4.79 Å². The molecule has 2 rings (SSSR count). The van der Waals surface area contributed by atoms with Crippen molar-refractivity contribution in [2.24, 2.45) is 0 Å². The summed E-state index contributed by atoms with van der Waals surface area (Å²) in [7, 11) is 2.97. The van der Waals surface area contributed by atoms with E-state index >= 15 is 0 Å². The van der Waals surface area contributed by atoms with Gasteiger partial charge in [0.05, 0.1) is 18.7 Å². The summed E-state index contributed by atoms with van der Waals surface area (Å²) in [4.78, 5) is 12.3. The number of rotatable bonds is 6. The molecule has 0 aliphatic heterocycles. The summed E-state index contributed by atoms with van der Waals surface area (Å²) in [5, 5.41) is 1.35. The van der Waals surface area contributed by atoms with Crippen LogP contribution in [0.25, 0.3) is 11.1 Å². The molecule has 0 radical (unpaired) electrons. The molecule has 0 heterocycles. The first-order valence-electron chi connectivity index (χ1n) is 6.97. The number of hydrogen-bond donors (Lipinski definition) is 0. The fourth-order valence-corrected chi connectivity index (χ4v) is 2.74. The van der Waals surface area contributed by atoms with E-state index in [1.54, 1.807) is 30.3 Å². The molecule has 0 spiro atoms. The summed E-state index contributed by atoms with van der Waals surface area (Å²) in [5.41, 5.74) is 1.41. The highest BCUT2D eigenvalue weighted by atomic mass is 35.5. The standard InChI is InChI=1S/C17H15Cl3O4/c1-22-5-6-24-17(21)13-8-12(15(20)9-16(13)23-2)11-7-10(18)3-4-14(11)19/h3-4,7-9H,5-6H2,1-2H3. The van der Waals surface area contributed by atoms with Crippen LogP contribution in [0.15, 0.2) is 30.3 Å². The van der Waals surface area contributed by atoms with Crippen molar-refractivity contribution in [3.8, 4) is 16.9 Å². The first-order chi connectivity index (χ1) is 11.5. The van der Waals surface area contributed by atoms with Crippen molar-refractivity contribution >= 4 is 40.8 Å². The zero-order valence-electron chi connectivity index (χ0n) is 13.1.